The van der Waals surface area contributed by atoms with E-state index in [4.69, 9.17) is 15.6 Å². The van der Waals surface area contributed by atoms with E-state index in [9.17, 15) is 9.59 Å². The molecule has 2 aromatic rings. The first-order chi connectivity index (χ1) is 11.9. The van der Waals surface area contributed by atoms with Gasteiger partial charge in [0.2, 0.25) is 6.33 Å². The summed E-state index contributed by atoms with van der Waals surface area (Å²) in [4.78, 5) is 20.9. The van der Waals surface area contributed by atoms with Gasteiger partial charge in [0.1, 0.15) is 12.4 Å². The van der Waals surface area contributed by atoms with E-state index in [0.717, 1.165) is 6.54 Å². The zero-order chi connectivity index (χ0) is 19.2. The lowest BCUT2D eigenvalue weighted by Gasteiger charge is -1.98. The number of hydrogen-bond acceptors (Lipinski definition) is 3. The number of aromatic nitrogens is 2. The number of aromatic carboxylic acids is 2. The molecule has 0 spiro atoms. The largest absolute Gasteiger partial charge is 0.753 e. The van der Waals surface area contributed by atoms with Crippen molar-refractivity contribution in [3.8, 4) is 0 Å². The Labute approximate surface area is 151 Å². The summed E-state index contributed by atoms with van der Waals surface area (Å²) in [5, 5.41) is 25.6. The van der Waals surface area contributed by atoms with Crippen molar-refractivity contribution in [2.24, 2.45) is 7.05 Å². The van der Waals surface area contributed by atoms with Gasteiger partial charge in [-0.05, 0) is 18.6 Å². The van der Waals surface area contributed by atoms with Gasteiger partial charge in [-0.25, -0.2) is 18.7 Å². The van der Waals surface area contributed by atoms with Gasteiger partial charge in [-0.1, -0.05) is 37.7 Å². The van der Waals surface area contributed by atoms with Crippen LogP contribution in [-0.4, -0.2) is 31.9 Å². The minimum Gasteiger partial charge on any atom is -0.753 e. The first-order valence-electron chi connectivity index (χ1n) is 7.45. The number of carboxylic acid groups (broad SMARTS) is 2. The van der Waals surface area contributed by atoms with Crippen LogP contribution in [0.3, 0.4) is 0 Å². The van der Waals surface area contributed by atoms with Crippen LogP contribution in [0.2, 0.25) is 0 Å². The summed E-state index contributed by atoms with van der Waals surface area (Å²) in [6.07, 6.45) is 8.82. The second-order valence-electron chi connectivity index (χ2n) is 4.92. The molecular weight excluding hydrogens is 342 g/mol. The minimum atomic E-state index is -1.23. The molecule has 0 saturated heterocycles. The maximum Gasteiger partial charge on any atom is 0.336 e. The van der Waals surface area contributed by atoms with Gasteiger partial charge >= 0.3 is 11.9 Å². The standard InChI is InChI=1S/C8H15N2.C8H6O4.CNS/c1-3-4-5-10-7-6-9(2)8-10;9-7(10)5-3-1-2-4-6(5)8(11)12;2-1-3/h6-8H,3-5H2,1-2H3;1-4H,(H,9,10)(H,11,12);/q+1;;-1. The number of unbranched alkanes of at least 4 members (excludes halogenated alkanes) is 1. The van der Waals surface area contributed by atoms with Crippen molar-refractivity contribution in [1.82, 2.24) is 4.57 Å². The molecule has 25 heavy (non-hydrogen) atoms. The topological polar surface area (TPSA) is 106 Å². The maximum atomic E-state index is 10.5. The molecule has 0 saturated carbocycles. The number of carbonyl (C=O) groups is 2. The normalized spacial score (nSPS) is 8.88. The van der Waals surface area contributed by atoms with Crippen LogP contribution in [0, 0.1) is 0 Å². The van der Waals surface area contributed by atoms with Gasteiger partial charge in [-0.3, -0.25) is 0 Å². The smallest absolute Gasteiger partial charge is 0.336 e. The zero-order valence-electron chi connectivity index (χ0n) is 14.1. The number of imidazole rings is 1. The van der Waals surface area contributed by atoms with Crippen LogP contribution >= 0.6 is 12.2 Å². The lowest BCUT2D eigenvalue weighted by molar-refractivity contribution is -0.671. The minimum absolute atomic E-state index is 0.190. The molecule has 1 aromatic carbocycles. The average Bonchev–Trinajstić information content (AvgIpc) is 2.99. The molecule has 2 rings (SSSR count). The third kappa shape index (κ3) is 9.14. The van der Waals surface area contributed by atoms with Gasteiger partial charge in [0.05, 0.1) is 24.7 Å². The van der Waals surface area contributed by atoms with Crippen molar-refractivity contribution in [2.45, 2.75) is 26.3 Å². The molecule has 8 heteroatoms. The van der Waals surface area contributed by atoms with Crippen LogP contribution in [0.5, 0.6) is 0 Å². The fourth-order valence-electron chi connectivity index (χ4n) is 1.83. The molecule has 0 fully saturated rings. The molecule has 0 aliphatic rings. The van der Waals surface area contributed by atoms with Gasteiger partial charge < -0.3 is 15.6 Å². The Morgan fingerprint density at radius 2 is 1.72 bits per heavy atom. The Balaban J connectivity index is 0.000000403. The highest BCUT2D eigenvalue weighted by molar-refractivity contribution is 7.78. The first kappa shape index (κ1) is 22.2. The van der Waals surface area contributed by atoms with Crippen LogP contribution in [0.1, 0.15) is 40.5 Å². The predicted molar refractivity (Wildman–Crippen MR) is 96.8 cm³/mol. The quantitative estimate of drug-likeness (QED) is 0.483. The zero-order valence-corrected chi connectivity index (χ0v) is 14.9. The van der Waals surface area contributed by atoms with Crippen molar-refractivity contribution in [2.75, 3.05) is 0 Å². The van der Waals surface area contributed by atoms with E-state index < -0.39 is 11.9 Å². The van der Waals surface area contributed by atoms with E-state index in [1.165, 1.54) is 42.3 Å². The molecule has 2 N–H and O–H groups in total. The Kier molecular flexibility index (Phi) is 11.2. The summed E-state index contributed by atoms with van der Waals surface area (Å²) in [5.41, 5.74) is -0.380. The van der Waals surface area contributed by atoms with Gasteiger partial charge in [0.15, 0.2) is 0 Å². The Morgan fingerprint density at radius 1 is 1.24 bits per heavy atom. The molecule has 0 amide bonds. The van der Waals surface area contributed by atoms with E-state index in [1.54, 1.807) is 0 Å². The number of aryl methyl sites for hydroxylation is 2. The van der Waals surface area contributed by atoms with Gasteiger partial charge in [-0.15, -0.1) is 0 Å². The van der Waals surface area contributed by atoms with E-state index in [1.807, 2.05) is 7.05 Å². The average molecular weight is 363 g/mol. The second-order valence-corrected chi connectivity index (χ2v) is 5.10. The Bertz CT molecular complexity index is 689. The van der Waals surface area contributed by atoms with Gasteiger partial charge in [0, 0.05) is 0 Å². The van der Waals surface area contributed by atoms with Gasteiger partial charge in [-0.2, -0.15) is 5.16 Å². The molecule has 0 aliphatic heterocycles. The molecule has 0 unspecified atom stereocenters. The SMILES string of the molecule is CCCCn1cc[n+](C)c1.O=C(O)c1ccccc1C(=O)O.[N-]=C=S. The maximum absolute atomic E-state index is 10.5. The van der Waals surface area contributed by atoms with Crippen LogP contribution in [-0.2, 0) is 13.6 Å². The molecule has 0 atom stereocenters. The van der Waals surface area contributed by atoms with E-state index in [0.29, 0.717) is 0 Å². The summed E-state index contributed by atoms with van der Waals surface area (Å²) < 4.78 is 4.28. The number of carboxylic acids is 2. The predicted octanol–water partition coefficient (Wildman–Crippen LogP) is 2.85. The molecule has 0 radical (unpaired) electrons. The molecule has 0 bridgehead atoms. The summed E-state index contributed by atoms with van der Waals surface area (Å²) in [6, 6.07) is 5.48. The number of thiocarbonyl (C=S) groups is 1. The van der Waals surface area contributed by atoms with Crippen molar-refractivity contribution in [1.29, 1.82) is 0 Å². The lowest BCUT2D eigenvalue weighted by Crippen LogP contribution is -2.23. The highest BCUT2D eigenvalue weighted by atomic mass is 32.1. The molecule has 1 heterocycles. The van der Waals surface area contributed by atoms with Crippen molar-refractivity contribution in [3.63, 3.8) is 0 Å². The number of nitrogens with zero attached hydrogens (tertiary/aromatic N) is 3. The lowest BCUT2D eigenvalue weighted by atomic mass is 10.1. The molecule has 0 aliphatic carbocycles. The number of hydrogen-bond donors (Lipinski definition) is 2. The summed E-state index contributed by atoms with van der Waals surface area (Å²) in [6.45, 7) is 3.36. The Hall–Kier alpha value is -2.83. The first-order valence-corrected chi connectivity index (χ1v) is 7.86. The fraction of sp³-hybridized carbons (Fsp3) is 0.294. The van der Waals surface area contributed by atoms with Crippen molar-refractivity contribution in [3.05, 3.63) is 59.5 Å². The summed E-state index contributed by atoms with van der Waals surface area (Å²) in [5.74, 6) is -2.46. The van der Waals surface area contributed by atoms with Gasteiger partial charge in [0.25, 0.3) is 0 Å². The highest BCUT2D eigenvalue weighted by Crippen LogP contribution is 2.07. The molecule has 7 nitrogen and oxygen atoms in total. The number of rotatable bonds is 5. The van der Waals surface area contributed by atoms with Crippen LogP contribution in [0.4, 0.5) is 0 Å². The van der Waals surface area contributed by atoms with Crippen molar-refractivity contribution < 1.29 is 24.4 Å². The third-order valence-electron chi connectivity index (χ3n) is 2.98. The monoisotopic (exact) mass is 363 g/mol. The van der Waals surface area contributed by atoms with E-state index in [2.05, 4.69) is 47.0 Å². The highest BCUT2D eigenvalue weighted by Gasteiger charge is 2.13. The third-order valence-corrected chi connectivity index (χ3v) is 2.98. The molecular formula is C17H21N3O4S. The van der Waals surface area contributed by atoms with Crippen LogP contribution in [0.25, 0.3) is 5.41 Å². The number of isothiocyanates is 1. The molecule has 1 aromatic heterocycles. The molecule has 134 valence electrons. The van der Waals surface area contributed by atoms with Crippen LogP contribution in [0.15, 0.2) is 43.0 Å². The van der Waals surface area contributed by atoms with E-state index in [-0.39, 0.29) is 11.1 Å². The summed E-state index contributed by atoms with van der Waals surface area (Å²) in [7, 11) is 2.04. The fourth-order valence-corrected chi connectivity index (χ4v) is 1.83. The Morgan fingerprint density at radius 3 is 2.04 bits per heavy atom. The summed E-state index contributed by atoms with van der Waals surface area (Å²) >= 11 is 3.70. The van der Waals surface area contributed by atoms with E-state index >= 15 is 0 Å². The second kappa shape index (κ2) is 12.6. The number of benzene rings is 1. The van der Waals surface area contributed by atoms with Crippen LogP contribution < -0.4 is 4.57 Å². The van der Waals surface area contributed by atoms with Crippen molar-refractivity contribution >= 4 is 29.3 Å².